The van der Waals surface area contributed by atoms with E-state index >= 15 is 0 Å². The number of carbonyl (C=O) groups excluding carboxylic acids is 1. The summed E-state index contributed by atoms with van der Waals surface area (Å²) < 4.78 is 5.72. The Labute approximate surface area is 157 Å². The van der Waals surface area contributed by atoms with E-state index in [1.807, 2.05) is 36.4 Å². The van der Waals surface area contributed by atoms with Gasteiger partial charge >= 0.3 is 0 Å². The van der Waals surface area contributed by atoms with E-state index in [2.05, 4.69) is 10.3 Å². The van der Waals surface area contributed by atoms with Crippen molar-refractivity contribution in [3.63, 3.8) is 0 Å². The number of hydrogen-bond acceptors (Lipinski definition) is 3. The normalized spacial score (nSPS) is 13.7. The fourth-order valence-corrected chi connectivity index (χ4v) is 2.97. The number of benzene rings is 2. The third kappa shape index (κ3) is 4.21. The molecule has 0 atom stereocenters. The molecule has 3 aromatic rings. The number of amides is 1. The number of carbonyl (C=O) groups is 1. The molecule has 0 bridgehead atoms. The lowest BCUT2D eigenvalue weighted by atomic mass is 10.1. The minimum absolute atomic E-state index is 0.155. The third-order valence-corrected chi connectivity index (χ3v) is 4.63. The molecule has 0 saturated heterocycles. The molecule has 5 heteroatoms. The van der Waals surface area contributed by atoms with Gasteiger partial charge in [-0.25, -0.2) is 4.98 Å². The zero-order chi connectivity index (χ0) is 17.9. The second-order valence-electron chi connectivity index (χ2n) is 6.65. The van der Waals surface area contributed by atoms with Crippen molar-refractivity contribution in [1.29, 1.82) is 0 Å². The topological polar surface area (TPSA) is 51.2 Å². The molecule has 1 aromatic heterocycles. The van der Waals surface area contributed by atoms with Gasteiger partial charge in [-0.3, -0.25) is 4.79 Å². The first-order valence-electron chi connectivity index (χ1n) is 8.72. The van der Waals surface area contributed by atoms with Gasteiger partial charge < -0.3 is 10.1 Å². The SMILES string of the molecule is O=C(Nc1cccc(COCC2CC2)c1)c1ccc2nc(Cl)ccc2c1. The van der Waals surface area contributed by atoms with Crippen LogP contribution in [0, 0.1) is 5.92 Å². The maximum Gasteiger partial charge on any atom is 0.255 e. The molecule has 1 saturated carbocycles. The minimum atomic E-state index is -0.155. The summed E-state index contributed by atoms with van der Waals surface area (Å²) in [5.74, 6) is 0.591. The first-order chi connectivity index (χ1) is 12.7. The molecule has 1 amide bonds. The van der Waals surface area contributed by atoms with E-state index in [0.717, 1.165) is 34.7 Å². The Hall–Kier alpha value is -2.43. The Morgan fingerprint density at radius 3 is 2.88 bits per heavy atom. The molecule has 26 heavy (non-hydrogen) atoms. The van der Waals surface area contributed by atoms with Crippen LogP contribution in [0.25, 0.3) is 10.9 Å². The molecular formula is C21H19ClN2O2. The van der Waals surface area contributed by atoms with E-state index < -0.39 is 0 Å². The zero-order valence-corrected chi connectivity index (χ0v) is 15.0. The fraction of sp³-hybridized carbons (Fsp3) is 0.238. The number of hydrogen-bond donors (Lipinski definition) is 1. The number of nitrogens with zero attached hydrogens (tertiary/aromatic N) is 1. The first kappa shape index (κ1) is 17.0. The van der Waals surface area contributed by atoms with Gasteiger partial charge in [0.15, 0.2) is 0 Å². The Bertz CT molecular complexity index is 954. The Morgan fingerprint density at radius 1 is 1.15 bits per heavy atom. The van der Waals surface area contributed by atoms with Crippen LogP contribution in [0.4, 0.5) is 5.69 Å². The summed E-state index contributed by atoms with van der Waals surface area (Å²) in [5.41, 5.74) is 3.17. The van der Waals surface area contributed by atoms with Crippen molar-refractivity contribution in [2.24, 2.45) is 5.92 Å². The van der Waals surface area contributed by atoms with Gasteiger partial charge in [-0.2, -0.15) is 0 Å². The first-order valence-corrected chi connectivity index (χ1v) is 9.09. The third-order valence-electron chi connectivity index (χ3n) is 4.42. The summed E-state index contributed by atoms with van der Waals surface area (Å²) in [6.45, 7) is 1.40. The molecular weight excluding hydrogens is 348 g/mol. The maximum atomic E-state index is 12.6. The van der Waals surface area contributed by atoms with Crippen molar-refractivity contribution in [2.75, 3.05) is 11.9 Å². The average Bonchev–Trinajstić information content (AvgIpc) is 3.46. The summed E-state index contributed by atoms with van der Waals surface area (Å²) in [6, 6.07) is 16.7. The highest BCUT2D eigenvalue weighted by molar-refractivity contribution is 6.29. The summed E-state index contributed by atoms with van der Waals surface area (Å²) in [7, 11) is 0. The summed E-state index contributed by atoms with van der Waals surface area (Å²) in [5, 5.41) is 4.26. The van der Waals surface area contributed by atoms with Crippen LogP contribution in [0.5, 0.6) is 0 Å². The van der Waals surface area contributed by atoms with E-state index in [-0.39, 0.29) is 5.91 Å². The highest BCUT2D eigenvalue weighted by Crippen LogP contribution is 2.29. The molecule has 1 aliphatic carbocycles. The predicted molar refractivity (Wildman–Crippen MR) is 104 cm³/mol. The second-order valence-corrected chi connectivity index (χ2v) is 7.04. The van der Waals surface area contributed by atoms with E-state index in [4.69, 9.17) is 16.3 Å². The van der Waals surface area contributed by atoms with Gasteiger partial charge in [0.25, 0.3) is 5.91 Å². The molecule has 1 N–H and O–H groups in total. The van der Waals surface area contributed by atoms with Crippen molar-refractivity contribution < 1.29 is 9.53 Å². The lowest BCUT2D eigenvalue weighted by Gasteiger charge is -2.09. The van der Waals surface area contributed by atoms with Gasteiger partial charge in [-0.1, -0.05) is 23.7 Å². The van der Waals surface area contributed by atoms with Gasteiger partial charge in [0.2, 0.25) is 0 Å². The van der Waals surface area contributed by atoms with Crippen LogP contribution in [-0.4, -0.2) is 17.5 Å². The minimum Gasteiger partial charge on any atom is -0.376 e. The van der Waals surface area contributed by atoms with E-state index in [1.165, 1.54) is 12.8 Å². The molecule has 0 aliphatic heterocycles. The number of aromatic nitrogens is 1. The summed E-state index contributed by atoms with van der Waals surface area (Å²) in [6.07, 6.45) is 2.56. The molecule has 1 heterocycles. The van der Waals surface area contributed by atoms with Crippen molar-refractivity contribution in [3.05, 3.63) is 70.9 Å². The van der Waals surface area contributed by atoms with Crippen LogP contribution in [-0.2, 0) is 11.3 Å². The van der Waals surface area contributed by atoms with Crippen LogP contribution in [0.3, 0.4) is 0 Å². The monoisotopic (exact) mass is 366 g/mol. The molecule has 4 rings (SSSR count). The van der Waals surface area contributed by atoms with Gasteiger partial charge in [-0.15, -0.1) is 0 Å². The molecule has 0 radical (unpaired) electrons. The molecule has 132 valence electrons. The van der Waals surface area contributed by atoms with E-state index in [9.17, 15) is 4.79 Å². The Balaban J connectivity index is 1.44. The fourth-order valence-electron chi connectivity index (χ4n) is 2.81. The highest BCUT2D eigenvalue weighted by Gasteiger charge is 2.21. The van der Waals surface area contributed by atoms with Crippen LogP contribution >= 0.6 is 11.6 Å². The quantitative estimate of drug-likeness (QED) is 0.620. The molecule has 1 fully saturated rings. The number of rotatable bonds is 6. The lowest BCUT2D eigenvalue weighted by Crippen LogP contribution is -2.12. The lowest BCUT2D eigenvalue weighted by molar-refractivity contribution is 0.102. The largest absolute Gasteiger partial charge is 0.376 e. The summed E-state index contributed by atoms with van der Waals surface area (Å²) in [4.78, 5) is 16.8. The number of anilines is 1. The Kier molecular flexibility index (Phi) is 4.87. The second kappa shape index (κ2) is 7.44. The average molecular weight is 367 g/mol. The smallest absolute Gasteiger partial charge is 0.255 e. The molecule has 0 spiro atoms. The molecule has 2 aromatic carbocycles. The van der Waals surface area contributed by atoms with Crippen LogP contribution in [0.15, 0.2) is 54.6 Å². The number of pyridine rings is 1. The van der Waals surface area contributed by atoms with Crippen molar-refractivity contribution in [1.82, 2.24) is 4.98 Å². The van der Waals surface area contributed by atoms with Gasteiger partial charge in [0.05, 0.1) is 12.1 Å². The Morgan fingerprint density at radius 2 is 2.04 bits per heavy atom. The maximum absolute atomic E-state index is 12.6. The highest BCUT2D eigenvalue weighted by atomic mass is 35.5. The van der Waals surface area contributed by atoms with Gasteiger partial charge in [0, 0.05) is 23.2 Å². The summed E-state index contributed by atoms with van der Waals surface area (Å²) >= 11 is 5.90. The molecule has 0 unspecified atom stereocenters. The van der Waals surface area contributed by atoms with Crippen LogP contribution in [0.2, 0.25) is 5.15 Å². The van der Waals surface area contributed by atoms with Gasteiger partial charge in [-0.05, 0) is 66.8 Å². The number of fused-ring (bicyclic) bond motifs is 1. The van der Waals surface area contributed by atoms with Crippen LogP contribution < -0.4 is 5.32 Å². The predicted octanol–water partition coefficient (Wildman–Crippen LogP) is 5.07. The van der Waals surface area contributed by atoms with Gasteiger partial charge in [0.1, 0.15) is 5.15 Å². The number of halogens is 1. The number of nitrogens with one attached hydrogen (secondary N) is 1. The van der Waals surface area contributed by atoms with Crippen molar-refractivity contribution in [2.45, 2.75) is 19.4 Å². The molecule has 1 aliphatic rings. The number of ether oxygens (including phenoxy) is 1. The van der Waals surface area contributed by atoms with Crippen molar-refractivity contribution >= 4 is 34.1 Å². The standard InChI is InChI=1S/C21H19ClN2O2/c22-20-9-7-16-11-17(6-8-19(16)24-20)21(25)23-18-3-1-2-15(10-18)13-26-12-14-4-5-14/h1-3,6-11,14H,4-5,12-13H2,(H,23,25). The van der Waals surface area contributed by atoms with E-state index in [1.54, 1.807) is 18.2 Å². The van der Waals surface area contributed by atoms with Crippen molar-refractivity contribution in [3.8, 4) is 0 Å². The van der Waals surface area contributed by atoms with Crippen LogP contribution in [0.1, 0.15) is 28.8 Å². The molecule has 4 nitrogen and oxygen atoms in total. The van der Waals surface area contributed by atoms with E-state index in [0.29, 0.717) is 17.3 Å². The zero-order valence-electron chi connectivity index (χ0n) is 14.2.